The molecule has 0 spiro atoms. The first-order chi connectivity index (χ1) is 12.0. The van der Waals surface area contributed by atoms with Crippen molar-refractivity contribution < 1.29 is 9.59 Å². The largest absolute Gasteiger partial charge is 0.336 e. The van der Waals surface area contributed by atoms with Crippen molar-refractivity contribution in [3.05, 3.63) is 65.2 Å². The molecule has 3 rings (SSSR count). The van der Waals surface area contributed by atoms with Crippen molar-refractivity contribution in [1.29, 1.82) is 0 Å². The van der Waals surface area contributed by atoms with E-state index in [0.717, 1.165) is 18.7 Å². The summed E-state index contributed by atoms with van der Waals surface area (Å²) in [6, 6.07) is 14.6. The van der Waals surface area contributed by atoms with Gasteiger partial charge < -0.3 is 15.1 Å². The molecule has 1 saturated heterocycles. The minimum Gasteiger partial charge on any atom is -0.336 e. The van der Waals surface area contributed by atoms with E-state index >= 15 is 0 Å². The van der Waals surface area contributed by atoms with Gasteiger partial charge in [-0.1, -0.05) is 29.8 Å². The van der Waals surface area contributed by atoms with Crippen molar-refractivity contribution in [2.24, 2.45) is 0 Å². The smallest absolute Gasteiger partial charge is 0.256 e. The summed E-state index contributed by atoms with van der Waals surface area (Å²) in [6.07, 6.45) is 0. The summed E-state index contributed by atoms with van der Waals surface area (Å²) < 4.78 is 0. The average Bonchev–Trinajstić information content (AvgIpc) is 2.62. The third-order valence-electron chi connectivity index (χ3n) is 4.48. The maximum absolute atomic E-state index is 12.9. The summed E-state index contributed by atoms with van der Waals surface area (Å²) in [4.78, 5) is 29.4. The third-order valence-corrected chi connectivity index (χ3v) is 4.48. The SMILES string of the molecule is Cc1cccc(C(=O)Nc2ccccc2C(=O)N2CCN(C)CC2)c1. The lowest BCUT2D eigenvalue weighted by Gasteiger charge is -2.32. The van der Waals surface area contributed by atoms with E-state index in [2.05, 4.69) is 17.3 Å². The molecule has 130 valence electrons. The number of hydrogen-bond acceptors (Lipinski definition) is 3. The van der Waals surface area contributed by atoms with Crippen LogP contribution in [0.1, 0.15) is 26.3 Å². The van der Waals surface area contributed by atoms with Crippen molar-refractivity contribution in [1.82, 2.24) is 9.80 Å². The van der Waals surface area contributed by atoms with Gasteiger partial charge in [-0.15, -0.1) is 0 Å². The highest BCUT2D eigenvalue weighted by Gasteiger charge is 2.23. The summed E-state index contributed by atoms with van der Waals surface area (Å²) in [6.45, 7) is 5.08. The van der Waals surface area contributed by atoms with Crippen LogP contribution in [-0.2, 0) is 0 Å². The molecule has 1 aliphatic heterocycles. The second kappa shape index (κ2) is 7.49. The van der Waals surface area contributed by atoms with Gasteiger partial charge in [0.25, 0.3) is 11.8 Å². The average molecular weight is 337 g/mol. The van der Waals surface area contributed by atoms with Crippen LogP contribution in [0.4, 0.5) is 5.69 Å². The highest BCUT2D eigenvalue weighted by atomic mass is 16.2. The molecule has 0 aromatic heterocycles. The molecule has 25 heavy (non-hydrogen) atoms. The first-order valence-corrected chi connectivity index (χ1v) is 8.49. The number of para-hydroxylation sites is 1. The van der Waals surface area contributed by atoms with Crippen molar-refractivity contribution in [3.8, 4) is 0 Å². The Labute approximate surface area is 148 Å². The van der Waals surface area contributed by atoms with Crippen LogP contribution < -0.4 is 5.32 Å². The zero-order chi connectivity index (χ0) is 17.8. The van der Waals surface area contributed by atoms with Gasteiger partial charge in [-0.3, -0.25) is 9.59 Å². The summed E-state index contributed by atoms with van der Waals surface area (Å²) >= 11 is 0. The number of rotatable bonds is 3. The molecule has 2 aromatic carbocycles. The highest BCUT2D eigenvalue weighted by molar-refractivity contribution is 6.09. The molecule has 0 radical (unpaired) electrons. The Morgan fingerprint density at radius 3 is 2.40 bits per heavy atom. The number of likely N-dealkylation sites (N-methyl/N-ethyl adjacent to an activating group) is 1. The number of aryl methyl sites for hydroxylation is 1. The Bertz CT molecular complexity index is 780. The van der Waals surface area contributed by atoms with Gasteiger partial charge in [-0.25, -0.2) is 0 Å². The predicted molar refractivity (Wildman–Crippen MR) is 99.0 cm³/mol. The van der Waals surface area contributed by atoms with E-state index in [9.17, 15) is 9.59 Å². The first-order valence-electron chi connectivity index (χ1n) is 8.49. The van der Waals surface area contributed by atoms with Gasteiger partial charge in [-0.05, 0) is 38.2 Å². The molecule has 0 saturated carbocycles. The van der Waals surface area contributed by atoms with Gasteiger partial charge >= 0.3 is 0 Å². The van der Waals surface area contributed by atoms with Crippen LogP contribution >= 0.6 is 0 Å². The number of nitrogens with zero attached hydrogens (tertiary/aromatic N) is 2. The number of piperazine rings is 1. The fourth-order valence-electron chi connectivity index (χ4n) is 2.94. The van der Waals surface area contributed by atoms with Crippen LogP contribution in [0.15, 0.2) is 48.5 Å². The summed E-state index contributed by atoms with van der Waals surface area (Å²) in [7, 11) is 2.05. The normalized spacial score (nSPS) is 15.0. The Kier molecular flexibility index (Phi) is 5.14. The van der Waals surface area contributed by atoms with E-state index in [-0.39, 0.29) is 11.8 Å². The summed E-state index contributed by atoms with van der Waals surface area (Å²) in [5.41, 5.74) is 2.70. The van der Waals surface area contributed by atoms with E-state index in [0.29, 0.717) is 29.9 Å². The lowest BCUT2D eigenvalue weighted by molar-refractivity contribution is 0.0665. The predicted octanol–water partition coefficient (Wildman–Crippen LogP) is 2.63. The van der Waals surface area contributed by atoms with Crippen molar-refractivity contribution in [2.45, 2.75) is 6.92 Å². The van der Waals surface area contributed by atoms with Gasteiger partial charge in [0.2, 0.25) is 0 Å². The topological polar surface area (TPSA) is 52.7 Å². The number of benzene rings is 2. The van der Waals surface area contributed by atoms with E-state index in [1.807, 2.05) is 42.2 Å². The zero-order valence-electron chi connectivity index (χ0n) is 14.7. The van der Waals surface area contributed by atoms with Gasteiger partial charge in [0, 0.05) is 31.7 Å². The second-order valence-corrected chi connectivity index (χ2v) is 6.46. The number of hydrogen-bond donors (Lipinski definition) is 1. The molecule has 0 aliphatic carbocycles. The Morgan fingerprint density at radius 1 is 0.960 bits per heavy atom. The van der Waals surface area contributed by atoms with Gasteiger partial charge in [0.15, 0.2) is 0 Å². The maximum atomic E-state index is 12.9. The highest BCUT2D eigenvalue weighted by Crippen LogP contribution is 2.19. The summed E-state index contributed by atoms with van der Waals surface area (Å²) in [5.74, 6) is -0.240. The molecule has 1 heterocycles. The maximum Gasteiger partial charge on any atom is 0.256 e. The molecule has 1 aliphatic rings. The van der Waals surface area contributed by atoms with E-state index < -0.39 is 0 Å². The lowest BCUT2D eigenvalue weighted by atomic mass is 10.1. The molecular formula is C20H23N3O2. The fourth-order valence-corrected chi connectivity index (χ4v) is 2.94. The van der Waals surface area contributed by atoms with Crippen LogP contribution in [0.5, 0.6) is 0 Å². The van der Waals surface area contributed by atoms with Gasteiger partial charge in [-0.2, -0.15) is 0 Å². The number of nitrogens with one attached hydrogen (secondary N) is 1. The molecular weight excluding hydrogens is 314 g/mol. The number of anilines is 1. The summed E-state index contributed by atoms with van der Waals surface area (Å²) in [5, 5.41) is 2.89. The molecule has 2 amide bonds. The molecule has 2 aromatic rings. The quantitative estimate of drug-likeness (QED) is 0.937. The van der Waals surface area contributed by atoms with E-state index in [1.54, 1.807) is 18.2 Å². The van der Waals surface area contributed by atoms with Crippen LogP contribution in [-0.4, -0.2) is 54.8 Å². The first kappa shape index (κ1) is 17.2. The molecule has 1 N–H and O–H groups in total. The lowest BCUT2D eigenvalue weighted by Crippen LogP contribution is -2.47. The molecule has 5 heteroatoms. The molecule has 5 nitrogen and oxygen atoms in total. The standard InChI is InChI=1S/C20H23N3O2/c1-15-6-5-7-16(14-15)19(24)21-18-9-4-3-8-17(18)20(25)23-12-10-22(2)11-13-23/h3-9,14H,10-13H2,1-2H3,(H,21,24). The molecule has 1 fully saturated rings. The van der Waals surface area contributed by atoms with Crippen molar-refractivity contribution in [3.63, 3.8) is 0 Å². The number of amides is 2. The third kappa shape index (κ3) is 4.06. The van der Waals surface area contributed by atoms with Crippen LogP contribution in [0.2, 0.25) is 0 Å². The number of carbonyl (C=O) groups excluding carboxylic acids is 2. The van der Waals surface area contributed by atoms with E-state index in [1.165, 1.54) is 0 Å². The minimum atomic E-state index is -0.206. The molecule has 0 bridgehead atoms. The van der Waals surface area contributed by atoms with Crippen molar-refractivity contribution >= 4 is 17.5 Å². The van der Waals surface area contributed by atoms with Crippen LogP contribution in [0.3, 0.4) is 0 Å². The van der Waals surface area contributed by atoms with Gasteiger partial charge in [0.1, 0.15) is 0 Å². The molecule has 0 atom stereocenters. The van der Waals surface area contributed by atoms with Crippen LogP contribution in [0.25, 0.3) is 0 Å². The minimum absolute atomic E-state index is 0.0340. The number of carbonyl (C=O) groups is 2. The Balaban J connectivity index is 1.79. The van der Waals surface area contributed by atoms with Crippen molar-refractivity contribution in [2.75, 3.05) is 38.5 Å². The Morgan fingerprint density at radius 2 is 1.68 bits per heavy atom. The Hall–Kier alpha value is -2.66. The van der Waals surface area contributed by atoms with Crippen LogP contribution in [0, 0.1) is 6.92 Å². The zero-order valence-corrected chi connectivity index (χ0v) is 14.7. The second-order valence-electron chi connectivity index (χ2n) is 6.46. The van der Waals surface area contributed by atoms with E-state index in [4.69, 9.17) is 0 Å². The fraction of sp³-hybridized carbons (Fsp3) is 0.300. The van der Waals surface area contributed by atoms with Gasteiger partial charge in [0.05, 0.1) is 11.3 Å². The molecule has 0 unspecified atom stereocenters. The monoisotopic (exact) mass is 337 g/mol.